The van der Waals surface area contributed by atoms with Gasteiger partial charge in [0.15, 0.2) is 0 Å². The molecule has 6 aromatic carbocycles. The largest absolute Gasteiger partial charge is 0.398 e. The van der Waals surface area contributed by atoms with Crippen LogP contribution >= 0.6 is 0 Å². The first-order valence-electron chi connectivity index (χ1n) is 23.0. The van der Waals surface area contributed by atoms with Gasteiger partial charge in [-0.1, -0.05) is 195 Å². The summed E-state index contributed by atoms with van der Waals surface area (Å²) in [5.41, 5.74) is 20.0. The molecule has 4 heteroatoms. The van der Waals surface area contributed by atoms with Gasteiger partial charge in [0.2, 0.25) is 0 Å². The van der Waals surface area contributed by atoms with Gasteiger partial charge in [-0.25, -0.2) is 4.99 Å². The number of fused-ring (bicyclic) bond motifs is 4. The third-order valence-electron chi connectivity index (χ3n) is 14.1. The number of aliphatic imine (C=N–C) groups is 2. The highest BCUT2D eigenvalue weighted by atomic mass is 15.2. The van der Waals surface area contributed by atoms with E-state index in [0.717, 1.165) is 50.8 Å². The smallest absolute Gasteiger partial charge is 0.137 e. The molecule has 5 atom stereocenters. The maximum absolute atomic E-state index is 6.94. The van der Waals surface area contributed by atoms with Crippen LogP contribution in [-0.2, 0) is 5.54 Å². The van der Waals surface area contributed by atoms with Crippen molar-refractivity contribution in [1.82, 2.24) is 4.90 Å². The van der Waals surface area contributed by atoms with E-state index in [1.54, 1.807) is 0 Å². The Labute approximate surface area is 382 Å². The fourth-order valence-corrected chi connectivity index (χ4v) is 10.8. The summed E-state index contributed by atoms with van der Waals surface area (Å²) < 4.78 is 0. The molecule has 5 aliphatic rings. The van der Waals surface area contributed by atoms with Gasteiger partial charge in [0.25, 0.3) is 0 Å². The summed E-state index contributed by atoms with van der Waals surface area (Å²) in [5.74, 6) is 1.64. The summed E-state index contributed by atoms with van der Waals surface area (Å²) in [4.78, 5) is 13.2. The third-order valence-corrected chi connectivity index (χ3v) is 14.1. The van der Waals surface area contributed by atoms with Gasteiger partial charge >= 0.3 is 0 Å². The summed E-state index contributed by atoms with van der Waals surface area (Å²) in [6, 6.07) is 46.3. The number of benzene rings is 6. The first-order chi connectivity index (χ1) is 31.9. The predicted molar refractivity (Wildman–Crippen MR) is 273 cm³/mol. The van der Waals surface area contributed by atoms with E-state index < -0.39 is 5.54 Å². The Bertz CT molecular complexity index is 3290. The molecule has 0 saturated heterocycles. The van der Waals surface area contributed by atoms with Gasteiger partial charge in [-0.2, -0.15) is 0 Å². The number of dihydropyridines is 1. The molecule has 0 spiro atoms. The molecule has 316 valence electrons. The van der Waals surface area contributed by atoms with Gasteiger partial charge < -0.3 is 10.6 Å². The van der Waals surface area contributed by atoms with Crippen LogP contribution in [0.5, 0.6) is 0 Å². The van der Waals surface area contributed by atoms with E-state index in [1.807, 2.05) is 6.21 Å². The van der Waals surface area contributed by atoms with Crippen molar-refractivity contribution in [2.24, 2.45) is 33.5 Å². The molecule has 0 fully saturated rings. The molecule has 0 radical (unpaired) electrons. The van der Waals surface area contributed by atoms with Crippen molar-refractivity contribution in [2.45, 2.75) is 31.8 Å². The summed E-state index contributed by atoms with van der Waals surface area (Å²) in [6.45, 7) is 4.42. The van der Waals surface area contributed by atoms with E-state index in [2.05, 4.69) is 232 Å². The van der Waals surface area contributed by atoms with Crippen LogP contribution in [0.4, 0.5) is 5.69 Å². The van der Waals surface area contributed by atoms with E-state index in [4.69, 9.17) is 15.7 Å². The first-order valence-corrected chi connectivity index (χ1v) is 23.0. The molecule has 2 heterocycles. The minimum Gasteiger partial charge on any atom is -0.398 e. The lowest BCUT2D eigenvalue weighted by molar-refractivity contribution is 0.405. The van der Waals surface area contributed by atoms with Crippen molar-refractivity contribution in [3.63, 3.8) is 0 Å². The zero-order valence-corrected chi connectivity index (χ0v) is 37.1. The molecule has 0 amide bonds. The second-order valence-corrected chi connectivity index (χ2v) is 17.9. The lowest BCUT2D eigenvalue weighted by Gasteiger charge is -2.39. The molecular weight excluding hydrogens is 789 g/mol. The zero-order chi connectivity index (χ0) is 44.1. The Morgan fingerprint density at radius 3 is 2.37 bits per heavy atom. The Morgan fingerprint density at radius 2 is 1.51 bits per heavy atom. The number of nitrogens with two attached hydrogens (primary N) is 1. The molecule has 2 aliphatic heterocycles. The van der Waals surface area contributed by atoms with E-state index in [9.17, 15) is 0 Å². The predicted octanol–water partition coefficient (Wildman–Crippen LogP) is 12.2. The number of hydrogen-bond acceptors (Lipinski definition) is 4. The highest BCUT2D eigenvalue weighted by Crippen LogP contribution is 2.50. The van der Waals surface area contributed by atoms with Gasteiger partial charge in [-0.15, -0.1) is 0 Å². The molecule has 0 aromatic heterocycles. The van der Waals surface area contributed by atoms with Crippen LogP contribution in [0.1, 0.15) is 59.7 Å². The average Bonchev–Trinajstić information content (AvgIpc) is 3.36. The van der Waals surface area contributed by atoms with Crippen molar-refractivity contribution in [3.8, 4) is 11.1 Å². The first kappa shape index (κ1) is 40.2. The third kappa shape index (κ3) is 7.01. The number of rotatable bonds is 7. The fourth-order valence-electron chi connectivity index (χ4n) is 10.8. The summed E-state index contributed by atoms with van der Waals surface area (Å²) >= 11 is 0. The van der Waals surface area contributed by atoms with E-state index in [0.29, 0.717) is 5.92 Å². The van der Waals surface area contributed by atoms with Crippen molar-refractivity contribution in [1.29, 1.82) is 0 Å². The second kappa shape index (κ2) is 16.5. The van der Waals surface area contributed by atoms with Gasteiger partial charge in [0, 0.05) is 58.6 Å². The molecule has 6 aromatic rings. The lowest BCUT2D eigenvalue weighted by Crippen LogP contribution is -2.36. The van der Waals surface area contributed by atoms with Crippen molar-refractivity contribution in [2.75, 3.05) is 7.05 Å². The van der Waals surface area contributed by atoms with Crippen LogP contribution in [0.2, 0.25) is 0 Å². The molecule has 2 N–H and O–H groups in total. The molecule has 65 heavy (non-hydrogen) atoms. The lowest BCUT2D eigenvalue weighted by atomic mass is 9.72. The van der Waals surface area contributed by atoms with Crippen molar-refractivity contribution in [3.05, 3.63) is 250 Å². The van der Waals surface area contributed by atoms with E-state index >= 15 is 0 Å². The van der Waals surface area contributed by atoms with Gasteiger partial charge in [0.1, 0.15) is 5.84 Å². The second-order valence-electron chi connectivity index (χ2n) is 17.9. The minimum absolute atomic E-state index is 0.152. The Hall–Kier alpha value is -7.56. The molecule has 0 saturated carbocycles. The topological polar surface area (TPSA) is 54.0 Å². The molecule has 11 rings (SSSR count). The number of amidine groups is 1. The van der Waals surface area contributed by atoms with Gasteiger partial charge in [-0.05, 0) is 86.5 Å². The van der Waals surface area contributed by atoms with Crippen LogP contribution in [0.15, 0.2) is 216 Å². The molecule has 5 unspecified atom stereocenters. The summed E-state index contributed by atoms with van der Waals surface area (Å²) in [6.07, 6.45) is 32.0. The monoisotopic (exact) mass is 840 g/mol. The Morgan fingerprint density at radius 1 is 0.738 bits per heavy atom. The highest BCUT2D eigenvalue weighted by molar-refractivity contribution is 6.06. The average molecular weight is 841 g/mol. The number of hydrogen-bond donors (Lipinski definition) is 1. The van der Waals surface area contributed by atoms with Gasteiger partial charge in [-0.3, -0.25) is 4.99 Å². The van der Waals surface area contributed by atoms with Gasteiger partial charge in [0.05, 0.1) is 17.3 Å². The van der Waals surface area contributed by atoms with E-state index in [-0.39, 0.29) is 17.9 Å². The van der Waals surface area contributed by atoms with Crippen LogP contribution in [0, 0.1) is 17.8 Å². The highest BCUT2D eigenvalue weighted by Gasteiger charge is 2.39. The maximum Gasteiger partial charge on any atom is 0.137 e. The SMILES string of the molecule is CC/C=c1/cccc/c1=C(/N)c1ccc(C2=Nc3c(-c4cccc5ccccc45)cc(C4=CC=CC5C=CC=CC45)cc3C(c3ccc(C4(C)N=CC=C5C=CC=CC54)cc3)N2C)cc1. The number of nitrogens with zero attached hydrogens (tertiary/aromatic N) is 3. The maximum atomic E-state index is 6.94. The quantitative estimate of drug-likeness (QED) is 0.174. The van der Waals surface area contributed by atoms with Crippen LogP contribution in [0.25, 0.3) is 39.2 Å². The van der Waals surface area contributed by atoms with Crippen LogP contribution in [0.3, 0.4) is 0 Å². The molecule has 0 bridgehead atoms. The van der Waals surface area contributed by atoms with E-state index in [1.165, 1.54) is 49.7 Å². The van der Waals surface area contributed by atoms with Crippen LogP contribution < -0.4 is 16.2 Å². The van der Waals surface area contributed by atoms with Crippen LogP contribution in [-0.4, -0.2) is 24.0 Å². The molecular formula is C61H52N4. The number of allylic oxidation sites excluding steroid dienone is 12. The molecule has 3 aliphatic carbocycles. The normalized spacial score (nSPS) is 23.4. The zero-order valence-electron chi connectivity index (χ0n) is 37.1. The van der Waals surface area contributed by atoms with Crippen molar-refractivity contribution < 1.29 is 0 Å². The Kier molecular flexibility index (Phi) is 10.2. The summed E-state index contributed by atoms with van der Waals surface area (Å²) in [7, 11) is 2.20. The Balaban J connectivity index is 1.11. The van der Waals surface area contributed by atoms with Crippen molar-refractivity contribution >= 4 is 45.9 Å². The fraction of sp³-hybridized carbons (Fsp3) is 0.148. The minimum atomic E-state index is -0.420. The summed E-state index contributed by atoms with van der Waals surface area (Å²) in [5, 5.41) is 4.61. The standard InChI is InChI=1S/C61H52N4/c1-4-15-40-16-7-11-24-52(40)57(62)44-28-30-46(31-29-44)60-64-58-54(53-26-14-21-42-18-6-10-23-50(42)53)38-47(51-25-13-20-41-17-5-9-22-49(41)51)39-55(58)59(65(60)3)45-32-34-48(35-33-45)61(2)56-27-12-8-19-43(56)36-37-63-61/h5-39,41,49,56,59H,4,62H2,1-3H3/b40-15-,57-52-. The molecule has 4 nitrogen and oxygen atoms in total.